The Bertz CT molecular complexity index is 387. The fraction of sp³-hybridized carbons (Fsp3) is 0.500. The first-order valence-corrected chi connectivity index (χ1v) is 6.18. The van der Waals surface area contributed by atoms with Crippen molar-refractivity contribution < 1.29 is 4.79 Å². The molecule has 0 bridgehead atoms. The van der Waals surface area contributed by atoms with E-state index >= 15 is 0 Å². The van der Waals surface area contributed by atoms with E-state index in [4.69, 9.17) is 5.73 Å². The molecule has 18 heavy (non-hydrogen) atoms. The highest BCUT2D eigenvalue weighted by Crippen LogP contribution is 2.13. The van der Waals surface area contributed by atoms with Crippen LogP contribution in [-0.2, 0) is 0 Å². The second-order valence-electron chi connectivity index (χ2n) is 4.97. The molecule has 1 amide bonds. The Morgan fingerprint density at radius 3 is 2.22 bits per heavy atom. The predicted octanol–water partition coefficient (Wildman–Crippen LogP) is 1.42. The van der Waals surface area contributed by atoms with Gasteiger partial charge in [-0.1, -0.05) is 6.92 Å². The van der Waals surface area contributed by atoms with Gasteiger partial charge in [0, 0.05) is 38.9 Å². The van der Waals surface area contributed by atoms with Crippen molar-refractivity contribution >= 4 is 11.6 Å². The molecule has 0 spiro atoms. The lowest BCUT2D eigenvalue weighted by molar-refractivity contribution is 0.0777. The van der Waals surface area contributed by atoms with Gasteiger partial charge >= 0.3 is 0 Å². The number of nitrogens with two attached hydrogens (primary N) is 1. The number of carbonyl (C=O) groups is 1. The fourth-order valence-electron chi connectivity index (χ4n) is 1.75. The Balaban J connectivity index is 2.71. The van der Waals surface area contributed by atoms with Crippen LogP contribution in [-0.4, -0.2) is 45.0 Å². The summed E-state index contributed by atoms with van der Waals surface area (Å²) in [6, 6.07) is 7.63. The van der Waals surface area contributed by atoms with E-state index in [0.717, 1.165) is 5.69 Å². The molecule has 1 rings (SSSR count). The molecular formula is C14H23N3O. The van der Waals surface area contributed by atoms with Crippen LogP contribution in [0, 0.1) is 5.92 Å². The number of hydrogen-bond acceptors (Lipinski definition) is 3. The van der Waals surface area contributed by atoms with Crippen LogP contribution in [0.2, 0.25) is 0 Å². The lowest BCUT2D eigenvalue weighted by atomic mass is 10.1. The fourth-order valence-corrected chi connectivity index (χ4v) is 1.75. The number of hydrogen-bond donors (Lipinski definition) is 1. The van der Waals surface area contributed by atoms with Gasteiger partial charge in [0.25, 0.3) is 5.91 Å². The SMILES string of the molecule is CC(CN)CN(C)C(=O)c1ccc(N(C)C)cc1. The Morgan fingerprint density at radius 2 is 1.78 bits per heavy atom. The van der Waals surface area contributed by atoms with Crippen molar-refractivity contribution in [2.75, 3.05) is 39.1 Å². The minimum Gasteiger partial charge on any atom is -0.378 e. The summed E-state index contributed by atoms with van der Waals surface area (Å²) in [7, 11) is 5.77. The van der Waals surface area contributed by atoms with E-state index < -0.39 is 0 Å². The highest BCUT2D eigenvalue weighted by molar-refractivity contribution is 5.94. The third-order valence-corrected chi connectivity index (χ3v) is 2.97. The molecule has 0 saturated carbocycles. The second-order valence-corrected chi connectivity index (χ2v) is 4.97. The van der Waals surface area contributed by atoms with Crippen LogP contribution in [0.4, 0.5) is 5.69 Å². The van der Waals surface area contributed by atoms with Crippen molar-refractivity contribution in [2.45, 2.75) is 6.92 Å². The van der Waals surface area contributed by atoms with Gasteiger partial charge in [-0.25, -0.2) is 0 Å². The molecule has 0 aliphatic heterocycles. The van der Waals surface area contributed by atoms with E-state index in [1.54, 1.807) is 4.90 Å². The molecule has 0 aliphatic rings. The third-order valence-electron chi connectivity index (χ3n) is 2.97. The van der Waals surface area contributed by atoms with Crippen molar-refractivity contribution in [2.24, 2.45) is 11.7 Å². The van der Waals surface area contributed by atoms with E-state index in [-0.39, 0.29) is 5.91 Å². The van der Waals surface area contributed by atoms with Gasteiger partial charge in [0.1, 0.15) is 0 Å². The smallest absolute Gasteiger partial charge is 0.253 e. The molecule has 0 saturated heterocycles. The number of anilines is 1. The van der Waals surface area contributed by atoms with Gasteiger partial charge in [-0.05, 0) is 36.7 Å². The molecule has 100 valence electrons. The van der Waals surface area contributed by atoms with E-state index in [9.17, 15) is 4.79 Å². The molecule has 1 aromatic carbocycles. The molecule has 2 N–H and O–H groups in total. The van der Waals surface area contributed by atoms with Gasteiger partial charge in [0.15, 0.2) is 0 Å². The van der Waals surface area contributed by atoms with Gasteiger partial charge in [-0.2, -0.15) is 0 Å². The third kappa shape index (κ3) is 3.74. The minimum absolute atomic E-state index is 0.0422. The molecule has 4 nitrogen and oxygen atoms in total. The maximum Gasteiger partial charge on any atom is 0.253 e. The lowest BCUT2D eigenvalue weighted by Gasteiger charge is -2.21. The number of benzene rings is 1. The standard InChI is InChI=1S/C14H23N3O/c1-11(9-15)10-17(4)14(18)12-5-7-13(8-6-12)16(2)3/h5-8,11H,9-10,15H2,1-4H3. The molecule has 0 aliphatic carbocycles. The van der Waals surface area contributed by atoms with Crippen LogP contribution in [0.25, 0.3) is 0 Å². The zero-order chi connectivity index (χ0) is 13.7. The first kappa shape index (κ1) is 14.5. The van der Waals surface area contributed by atoms with Crippen molar-refractivity contribution in [1.82, 2.24) is 4.90 Å². The second kappa shape index (κ2) is 6.40. The molecule has 1 unspecified atom stereocenters. The van der Waals surface area contributed by atoms with Crippen molar-refractivity contribution in [1.29, 1.82) is 0 Å². The zero-order valence-electron chi connectivity index (χ0n) is 11.7. The predicted molar refractivity (Wildman–Crippen MR) is 75.9 cm³/mol. The summed E-state index contributed by atoms with van der Waals surface area (Å²) in [6.07, 6.45) is 0. The van der Waals surface area contributed by atoms with E-state index in [2.05, 4.69) is 0 Å². The highest BCUT2D eigenvalue weighted by atomic mass is 16.2. The topological polar surface area (TPSA) is 49.6 Å². The summed E-state index contributed by atoms with van der Waals surface area (Å²) in [6.45, 7) is 3.32. The molecule has 1 aromatic rings. The average molecular weight is 249 g/mol. The maximum atomic E-state index is 12.1. The van der Waals surface area contributed by atoms with Crippen LogP contribution >= 0.6 is 0 Å². The number of amides is 1. The Kier molecular flexibility index (Phi) is 5.16. The molecule has 0 aromatic heterocycles. The van der Waals surface area contributed by atoms with Gasteiger partial charge in [-0.15, -0.1) is 0 Å². The number of nitrogens with zero attached hydrogens (tertiary/aromatic N) is 2. The summed E-state index contributed by atoms with van der Waals surface area (Å²) < 4.78 is 0. The summed E-state index contributed by atoms with van der Waals surface area (Å²) in [4.78, 5) is 15.9. The van der Waals surface area contributed by atoms with Crippen molar-refractivity contribution in [3.8, 4) is 0 Å². The van der Waals surface area contributed by atoms with Gasteiger partial charge in [0.2, 0.25) is 0 Å². The first-order valence-electron chi connectivity index (χ1n) is 6.18. The van der Waals surface area contributed by atoms with Crippen LogP contribution in [0.5, 0.6) is 0 Å². The lowest BCUT2D eigenvalue weighted by Crippen LogP contribution is -2.33. The summed E-state index contributed by atoms with van der Waals surface area (Å²) >= 11 is 0. The van der Waals surface area contributed by atoms with Crippen LogP contribution in [0.3, 0.4) is 0 Å². The van der Waals surface area contributed by atoms with Crippen molar-refractivity contribution in [3.05, 3.63) is 29.8 Å². The van der Waals surface area contributed by atoms with Crippen LogP contribution in [0.1, 0.15) is 17.3 Å². The van der Waals surface area contributed by atoms with Gasteiger partial charge in [-0.3, -0.25) is 4.79 Å². The largest absolute Gasteiger partial charge is 0.378 e. The Labute approximate surface area is 109 Å². The van der Waals surface area contributed by atoms with E-state index in [1.807, 2.05) is 57.2 Å². The zero-order valence-corrected chi connectivity index (χ0v) is 11.7. The van der Waals surface area contributed by atoms with E-state index in [1.165, 1.54) is 0 Å². The Morgan fingerprint density at radius 1 is 1.22 bits per heavy atom. The molecule has 4 heteroatoms. The molecular weight excluding hydrogens is 226 g/mol. The Hall–Kier alpha value is -1.55. The first-order chi connectivity index (χ1) is 8.45. The quantitative estimate of drug-likeness (QED) is 0.858. The summed E-state index contributed by atoms with van der Waals surface area (Å²) in [5.74, 6) is 0.362. The minimum atomic E-state index is 0.0422. The van der Waals surface area contributed by atoms with Crippen LogP contribution in [0.15, 0.2) is 24.3 Å². The summed E-state index contributed by atoms with van der Waals surface area (Å²) in [5, 5.41) is 0. The molecule has 0 fully saturated rings. The molecule has 0 radical (unpaired) electrons. The summed E-state index contributed by atoms with van der Waals surface area (Å²) in [5.41, 5.74) is 7.37. The number of rotatable bonds is 5. The van der Waals surface area contributed by atoms with Crippen molar-refractivity contribution in [3.63, 3.8) is 0 Å². The normalized spacial score (nSPS) is 12.1. The van der Waals surface area contributed by atoms with Crippen LogP contribution < -0.4 is 10.6 Å². The maximum absolute atomic E-state index is 12.1. The average Bonchev–Trinajstić information content (AvgIpc) is 2.37. The van der Waals surface area contributed by atoms with E-state index in [0.29, 0.717) is 24.6 Å². The van der Waals surface area contributed by atoms with Gasteiger partial charge in [0.05, 0.1) is 0 Å². The molecule has 1 atom stereocenters. The molecule has 0 heterocycles. The highest BCUT2D eigenvalue weighted by Gasteiger charge is 2.13. The monoisotopic (exact) mass is 249 g/mol. The number of carbonyl (C=O) groups excluding carboxylic acids is 1. The van der Waals surface area contributed by atoms with Gasteiger partial charge < -0.3 is 15.5 Å².